The van der Waals surface area contributed by atoms with Crippen molar-refractivity contribution in [3.63, 3.8) is 0 Å². The smallest absolute Gasteiger partial charge is 0.318 e. The minimum Gasteiger partial charge on any atom is -0.494 e. The van der Waals surface area contributed by atoms with Crippen LogP contribution in [-0.4, -0.2) is 59.0 Å². The van der Waals surface area contributed by atoms with E-state index in [4.69, 9.17) is 4.74 Å². The van der Waals surface area contributed by atoms with E-state index in [0.29, 0.717) is 37.8 Å². The molecule has 1 aliphatic rings. The van der Waals surface area contributed by atoms with Crippen LogP contribution in [0.15, 0.2) is 54.9 Å². The Bertz CT molecular complexity index is 1110. The van der Waals surface area contributed by atoms with Gasteiger partial charge in [0, 0.05) is 37.9 Å². The van der Waals surface area contributed by atoms with Crippen molar-refractivity contribution in [2.75, 3.05) is 38.2 Å². The van der Waals surface area contributed by atoms with Crippen LogP contribution in [0.2, 0.25) is 0 Å². The number of hydrogen-bond acceptors (Lipinski definition) is 6. The van der Waals surface area contributed by atoms with Gasteiger partial charge in [-0.25, -0.2) is 14.5 Å². The van der Waals surface area contributed by atoms with E-state index in [2.05, 4.69) is 26.4 Å². The molecule has 0 aliphatic carbocycles. The van der Waals surface area contributed by atoms with Crippen LogP contribution in [-0.2, 0) is 0 Å². The molecule has 1 atom stereocenters. The molecule has 1 unspecified atom stereocenters. The first-order chi connectivity index (χ1) is 15.6. The number of carbonyl (C=O) groups is 1. The largest absolute Gasteiger partial charge is 0.494 e. The lowest BCUT2D eigenvalue weighted by Gasteiger charge is -2.36. The van der Waals surface area contributed by atoms with Gasteiger partial charge >= 0.3 is 6.03 Å². The van der Waals surface area contributed by atoms with Crippen LogP contribution in [0.25, 0.3) is 5.69 Å². The van der Waals surface area contributed by atoms with E-state index in [9.17, 15) is 10.1 Å². The number of aryl methyl sites for hydroxylation is 1. The highest BCUT2D eigenvalue weighted by Crippen LogP contribution is 2.29. The van der Waals surface area contributed by atoms with Gasteiger partial charge in [-0.2, -0.15) is 10.4 Å². The standard InChI is InChI=1S/C23H25N7O2/c1-17-25-16-30(27-17)21-9-8-19(14-22(21)32-2)28-10-12-29(13-11-28)23(31)26-20(15-24)18-6-4-3-5-7-18/h3-9,14,16,20H,10-13H2,1-2H3,(H,26,31). The Morgan fingerprint density at radius 3 is 2.53 bits per heavy atom. The van der Waals surface area contributed by atoms with Crippen LogP contribution in [0.1, 0.15) is 17.4 Å². The van der Waals surface area contributed by atoms with E-state index in [-0.39, 0.29) is 6.03 Å². The first-order valence-corrected chi connectivity index (χ1v) is 10.4. The number of ether oxygens (including phenoxy) is 1. The summed E-state index contributed by atoms with van der Waals surface area (Å²) in [7, 11) is 1.63. The molecule has 0 saturated carbocycles. The van der Waals surface area contributed by atoms with Gasteiger partial charge in [-0.15, -0.1) is 0 Å². The van der Waals surface area contributed by atoms with Gasteiger partial charge in [0.25, 0.3) is 0 Å². The lowest BCUT2D eigenvalue weighted by molar-refractivity contribution is 0.192. The maximum absolute atomic E-state index is 12.7. The number of aromatic nitrogens is 3. The average molecular weight is 432 g/mol. The Labute approximate surface area is 186 Å². The first-order valence-electron chi connectivity index (χ1n) is 10.4. The second-order valence-corrected chi connectivity index (χ2v) is 7.49. The minimum atomic E-state index is -0.668. The molecule has 1 aromatic heterocycles. The SMILES string of the molecule is COc1cc(N2CCN(C(=O)NC(C#N)c3ccccc3)CC2)ccc1-n1cnc(C)n1. The second-order valence-electron chi connectivity index (χ2n) is 7.49. The predicted molar refractivity (Wildman–Crippen MR) is 120 cm³/mol. The van der Waals surface area contributed by atoms with Crippen LogP contribution in [0.3, 0.4) is 0 Å². The third-order valence-electron chi connectivity index (χ3n) is 5.48. The Balaban J connectivity index is 1.39. The summed E-state index contributed by atoms with van der Waals surface area (Å²) in [6.07, 6.45) is 1.66. The van der Waals surface area contributed by atoms with Crippen molar-refractivity contribution in [1.82, 2.24) is 25.0 Å². The van der Waals surface area contributed by atoms with Gasteiger partial charge < -0.3 is 19.9 Å². The van der Waals surface area contributed by atoms with Gasteiger partial charge in [-0.3, -0.25) is 0 Å². The van der Waals surface area contributed by atoms with Crippen molar-refractivity contribution in [2.45, 2.75) is 13.0 Å². The van der Waals surface area contributed by atoms with Gasteiger partial charge in [0.1, 0.15) is 29.6 Å². The third kappa shape index (κ3) is 4.49. The maximum atomic E-state index is 12.7. The number of carbonyl (C=O) groups excluding carboxylic acids is 1. The predicted octanol–water partition coefficient (Wildman–Crippen LogP) is 2.68. The summed E-state index contributed by atoms with van der Waals surface area (Å²) in [6.45, 7) is 4.32. The second kappa shape index (κ2) is 9.39. The molecule has 9 heteroatoms. The Kier molecular flexibility index (Phi) is 6.22. The van der Waals surface area contributed by atoms with Crippen molar-refractivity contribution in [3.05, 3.63) is 66.2 Å². The number of rotatable bonds is 5. The Morgan fingerprint density at radius 2 is 1.91 bits per heavy atom. The minimum absolute atomic E-state index is 0.227. The molecule has 9 nitrogen and oxygen atoms in total. The molecule has 2 amide bonds. The molecule has 164 valence electrons. The molecule has 0 bridgehead atoms. The number of anilines is 1. The monoisotopic (exact) mass is 431 g/mol. The summed E-state index contributed by atoms with van der Waals surface area (Å²) < 4.78 is 7.27. The van der Waals surface area contributed by atoms with Gasteiger partial charge in [0.05, 0.1) is 13.2 Å². The fourth-order valence-electron chi connectivity index (χ4n) is 3.73. The van der Waals surface area contributed by atoms with Crippen LogP contribution in [0.5, 0.6) is 5.75 Å². The Hall–Kier alpha value is -4.06. The van der Waals surface area contributed by atoms with Gasteiger partial charge in [0.15, 0.2) is 0 Å². The number of benzene rings is 2. The van der Waals surface area contributed by atoms with Gasteiger partial charge in [-0.1, -0.05) is 30.3 Å². The quantitative estimate of drug-likeness (QED) is 0.667. The van der Waals surface area contributed by atoms with E-state index < -0.39 is 6.04 Å². The molecular formula is C23H25N7O2. The van der Waals surface area contributed by atoms with E-state index in [1.54, 1.807) is 23.0 Å². The number of hydrogen-bond donors (Lipinski definition) is 1. The number of urea groups is 1. The lowest BCUT2D eigenvalue weighted by Crippen LogP contribution is -2.52. The molecule has 4 rings (SSSR count). The molecule has 1 aliphatic heterocycles. The number of nitrogens with one attached hydrogen (secondary N) is 1. The molecule has 3 aromatic rings. The summed E-state index contributed by atoms with van der Waals surface area (Å²) in [5.41, 5.74) is 2.61. The zero-order chi connectivity index (χ0) is 22.5. The maximum Gasteiger partial charge on any atom is 0.318 e. The van der Waals surface area contributed by atoms with Crippen molar-refractivity contribution in [1.29, 1.82) is 5.26 Å². The topological polar surface area (TPSA) is 99.3 Å². The molecule has 32 heavy (non-hydrogen) atoms. The fraction of sp³-hybridized carbons (Fsp3) is 0.304. The summed E-state index contributed by atoms with van der Waals surface area (Å²) in [6, 6.07) is 16.5. The molecule has 1 saturated heterocycles. The van der Waals surface area contributed by atoms with Crippen LogP contribution >= 0.6 is 0 Å². The normalized spacial score (nSPS) is 14.5. The fourth-order valence-corrected chi connectivity index (χ4v) is 3.73. The molecule has 2 aromatic carbocycles. The zero-order valence-corrected chi connectivity index (χ0v) is 18.1. The van der Waals surface area contributed by atoms with Crippen LogP contribution in [0.4, 0.5) is 10.5 Å². The van der Waals surface area contributed by atoms with Crippen molar-refractivity contribution in [3.8, 4) is 17.5 Å². The summed E-state index contributed by atoms with van der Waals surface area (Å²) >= 11 is 0. The highest BCUT2D eigenvalue weighted by molar-refractivity contribution is 5.75. The zero-order valence-electron chi connectivity index (χ0n) is 18.1. The van der Waals surface area contributed by atoms with E-state index >= 15 is 0 Å². The number of amides is 2. The van der Waals surface area contributed by atoms with Crippen LogP contribution in [0, 0.1) is 18.3 Å². The third-order valence-corrected chi connectivity index (χ3v) is 5.48. The molecule has 1 N–H and O–H groups in total. The Morgan fingerprint density at radius 1 is 1.16 bits per heavy atom. The van der Waals surface area contributed by atoms with Gasteiger partial charge in [-0.05, 0) is 24.6 Å². The highest BCUT2D eigenvalue weighted by atomic mass is 16.5. The van der Waals surface area contributed by atoms with E-state index in [1.165, 1.54) is 0 Å². The lowest BCUT2D eigenvalue weighted by atomic mass is 10.1. The summed E-state index contributed by atoms with van der Waals surface area (Å²) in [4.78, 5) is 20.8. The summed E-state index contributed by atoms with van der Waals surface area (Å²) in [5.74, 6) is 1.39. The number of piperazine rings is 1. The molecule has 2 heterocycles. The molecular weight excluding hydrogens is 406 g/mol. The van der Waals surface area contributed by atoms with Crippen molar-refractivity contribution < 1.29 is 9.53 Å². The number of nitriles is 1. The van der Waals surface area contributed by atoms with E-state index in [0.717, 1.165) is 16.9 Å². The molecule has 0 spiro atoms. The van der Waals surface area contributed by atoms with Crippen LogP contribution < -0.4 is 15.0 Å². The van der Waals surface area contributed by atoms with Crippen molar-refractivity contribution >= 4 is 11.7 Å². The number of nitrogens with zero attached hydrogens (tertiary/aromatic N) is 6. The summed E-state index contributed by atoms with van der Waals surface area (Å²) in [5, 5.41) is 16.6. The molecule has 1 fully saturated rings. The van der Waals surface area contributed by atoms with E-state index in [1.807, 2.05) is 55.5 Å². The highest BCUT2D eigenvalue weighted by Gasteiger charge is 2.24. The first kappa shape index (κ1) is 21.2. The number of methoxy groups -OCH3 is 1. The average Bonchev–Trinajstić information content (AvgIpc) is 3.28. The van der Waals surface area contributed by atoms with Crippen molar-refractivity contribution in [2.24, 2.45) is 0 Å². The molecule has 0 radical (unpaired) electrons. The van der Waals surface area contributed by atoms with Gasteiger partial charge in [0.2, 0.25) is 0 Å².